The second kappa shape index (κ2) is 26.8. The Bertz CT molecular complexity index is 2800. The number of aromatic amines is 1. The Hall–Kier alpha value is -5.99. The van der Waals surface area contributed by atoms with Crippen molar-refractivity contribution in [2.45, 2.75) is 147 Å². The van der Waals surface area contributed by atoms with E-state index >= 15 is 0 Å². The van der Waals surface area contributed by atoms with Crippen molar-refractivity contribution in [1.29, 1.82) is 0 Å². The number of piperidine rings is 1. The molecule has 0 aliphatic carbocycles. The molecular formula is C58H79ClN12O6S. The number of thiazole rings is 1. The number of aryl methyl sites for hydroxylation is 1. The first-order valence-electron chi connectivity index (χ1n) is 27.9. The van der Waals surface area contributed by atoms with Crippen LogP contribution in [0.25, 0.3) is 21.5 Å². The number of β-amino-alcohol motifs (C(OH)–C–C–N with tert-alkyl or cyclic N) is 1. The van der Waals surface area contributed by atoms with Gasteiger partial charge in [-0.25, -0.2) is 15.0 Å². The van der Waals surface area contributed by atoms with Crippen LogP contribution < -0.4 is 26.6 Å². The molecule has 5 amide bonds. The molecule has 18 nitrogen and oxygen atoms in total. The van der Waals surface area contributed by atoms with Gasteiger partial charge in [0.2, 0.25) is 29.5 Å². The predicted molar refractivity (Wildman–Crippen MR) is 305 cm³/mol. The molecule has 0 saturated carbocycles. The maximum absolute atomic E-state index is 14.1. The molecule has 2 aromatic carbocycles. The van der Waals surface area contributed by atoms with Crippen molar-refractivity contribution in [2.75, 3.05) is 57.3 Å². The summed E-state index contributed by atoms with van der Waals surface area (Å²) in [6.45, 7) is 12.8. The van der Waals surface area contributed by atoms with Crippen molar-refractivity contribution in [1.82, 2.24) is 50.6 Å². The normalized spacial score (nSPS) is 18.7. The highest BCUT2D eigenvalue weighted by molar-refractivity contribution is 7.13. The molecule has 7 N–H and O–H groups in total. The van der Waals surface area contributed by atoms with Gasteiger partial charge in [0, 0.05) is 89.4 Å². The summed E-state index contributed by atoms with van der Waals surface area (Å²) in [4.78, 5) is 93.4. The summed E-state index contributed by atoms with van der Waals surface area (Å²) in [6.07, 6.45) is 11.5. The summed E-state index contributed by atoms with van der Waals surface area (Å²) in [6, 6.07) is 15.5. The van der Waals surface area contributed by atoms with Gasteiger partial charge < -0.3 is 46.5 Å². The van der Waals surface area contributed by atoms with Gasteiger partial charge in [0.05, 0.1) is 39.2 Å². The van der Waals surface area contributed by atoms with E-state index < -0.39 is 29.1 Å². The molecule has 3 aliphatic rings. The van der Waals surface area contributed by atoms with Crippen molar-refractivity contribution in [3.05, 3.63) is 94.5 Å². The molecule has 8 rings (SSSR count). The van der Waals surface area contributed by atoms with Crippen LogP contribution in [0.3, 0.4) is 0 Å². The Kier molecular flexibility index (Phi) is 20.0. The third kappa shape index (κ3) is 15.2. The van der Waals surface area contributed by atoms with E-state index in [0.717, 1.165) is 102 Å². The number of hydrogen-bond donors (Lipinski definition) is 6. The Morgan fingerprint density at radius 2 is 1.54 bits per heavy atom. The number of nitrogens with two attached hydrogens (primary N) is 1. The first-order chi connectivity index (χ1) is 37.5. The minimum absolute atomic E-state index is 0.0228. The van der Waals surface area contributed by atoms with Crippen LogP contribution in [0.4, 0.5) is 5.82 Å². The number of anilines is 1. The van der Waals surface area contributed by atoms with Gasteiger partial charge in [0.25, 0.3) is 0 Å². The van der Waals surface area contributed by atoms with Gasteiger partial charge in [-0.3, -0.25) is 28.9 Å². The standard InChI is InChI=1S/C58H79ClN12O6S/c1-39-50(78-38-65-39)42-16-14-40(15-17-42)35-62-54(75)47-34-44(72)36-71(47)55(76)51(57(2,3)4)67-48(73)12-10-8-6-5-7-9-11-13-49(74)69-32-30-68(31-33-69)27-23-46(41-18-20-43(59)21-19-41)66-56(77)58(60)24-28-70(29-25-58)53-45-22-26-61-52(45)63-37-64-53/h14-22,26,37-38,44,46-47,51,72H,5-13,23-25,27-36,60H2,1-4H3,(H,62,75)(H,66,77)(H,67,73)(H,61,63,64)/t44-,46+,47+,51?/m1/s1. The van der Waals surface area contributed by atoms with Crippen molar-refractivity contribution < 1.29 is 29.1 Å². The third-order valence-electron chi connectivity index (χ3n) is 15.8. The number of amides is 5. The van der Waals surface area contributed by atoms with Crippen molar-refractivity contribution in [3.8, 4) is 10.4 Å². The molecular weight excluding hydrogens is 1030 g/mol. The van der Waals surface area contributed by atoms with Crippen molar-refractivity contribution >= 4 is 69.3 Å². The number of hydrogen-bond acceptors (Lipinski definition) is 13. The average molecular weight is 1110 g/mol. The fourth-order valence-corrected chi connectivity index (χ4v) is 11.9. The van der Waals surface area contributed by atoms with Crippen LogP contribution >= 0.6 is 22.9 Å². The topological polar surface area (TPSA) is 235 Å². The molecule has 3 saturated heterocycles. The Morgan fingerprint density at radius 1 is 0.859 bits per heavy atom. The minimum Gasteiger partial charge on any atom is -0.391 e. The van der Waals surface area contributed by atoms with Crippen LogP contribution in [-0.2, 0) is 30.5 Å². The number of halogens is 1. The van der Waals surface area contributed by atoms with Crippen LogP contribution in [0, 0.1) is 12.3 Å². The number of rotatable bonds is 23. The molecule has 20 heteroatoms. The Labute approximate surface area is 467 Å². The van der Waals surface area contributed by atoms with E-state index in [9.17, 15) is 29.1 Å². The largest absolute Gasteiger partial charge is 0.391 e. The molecule has 0 radical (unpaired) electrons. The average Bonchev–Trinajstić information content (AvgIpc) is 4.20. The fraction of sp³-hybridized carbons (Fsp3) is 0.552. The molecule has 4 atom stereocenters. The second-order valence-electron chi connectivity index (χ2n) is 22.6. The number of likely N-dealkylation sites (tertiary alicyclic amines) is 1. The lowest BCUT2D eigenvalue weighted by molar-refractivity contribution is -0.144. The van der Waals surface area contributed by atoms with Crippen LogP contribution in [-0.4, -0.2) is 145 Å². The van der Waals surface area contributed by atoms with Crippen LogP contribution in [0.5, 0.6) is 0 Å². The molecule has 0 bridgehead atoms. The van der Waals surface area contributed by atoms with E-state index in [0.29, 0.717) is 63.3 Å². The number of aliphatic hydroxyl groups excluding tert-OH is 1. The van der Waals surface area contributed by atoms with Gasteiger partial charge in [0.15, 0.2) is 0 Å². The quantitative estimate of drug-likeness (QED) is 0.0361. The van der Waals surface area contributed by atoms with E-state index in [-0.39, 0.29) is 61.5 Å². The minimum atomic E-state index is -1.02. The highest BCUT2D eigenvalue weighted by Gasteiger charge is 2.45. The zero-order valence-corrected chi connectivity index (χ0v) is 47.3. The van der Waals surface area contributed by atoms with Crippen LogP contribution in [0.1, 0.15) is 127 Å². The number of piperazine rings is 1. The van der Waals surface area contributed by atoms with Gasteiger partial charge in [-0.1, -0.05) is 101 Å². The number of nitrogens with zero attached hydrogens (tertiary/aromatic N) is 7. The number of H-pyrrole nitrogens is 1. The first-order valence-corrected chi connectivity index (χ1v) is 29.1. The summed E-state index contributed by atoms with van der Waals surface area (Å²) in [5, 5.41) is 21.4. The molecule has 0 spiro atoms. The van der Waals surface area contributed by atoms with Gasteiger partial charge in [-0.05, 0) is 79.3 Å². The summed E-state index contributed by atoms with van der Waals surface area (Å²) < 4.78 is 0. The van der Waals surface area contributed by atoms with E-state index in [1.165, 1.54) is 4.90 Å². The molecule has 420 valence electrons. The lowest BCUT2D eigenvalue weighted by Crippen LogP contribution is -2.60. The summed E-state index contributed by atoms with van der Waals surface area (Å²) in [5.41, 5.74) is 11.7. The molecule has 3 aromatic heterocycles. The molecule has 3 fully saturated rings. The predicted octanol–water partition coefficient (Wildman–Crippen LogP) is 7.05. The first kappa shape index (κ1) is 58.2. The number of benzene rings is 2. The zero-order valence-electron chi connectivity index (χ0n) is 45.8. The number of fused-ring (bicyclic) bond motifs is 1. The van der Waals surface area contributed by atoms with E-state index in [1.54, 1.807) is 17.7 Å². The number of carbonyl (C=O) groups excluding carboxylic acids is 5. The summed E-state index contributed by atoms with van der Waals surface area (Å²) >= 11 is 7.84. The third-order valence-corrected chi connectivity index (χ3v) is 17.0. The second-order valence-corrected chi connectivity index (χ2v) is 23.9. The lowest BCUT2D eigenvalue weighted by atomic mass is 9.85. The number of aliphatic hydroxyl groups is 1. The Morgan fingerprint density at radius 3 is 2.21 bits per heavy atom. The van der Waals surface area contributed by atoms with Crippen molar-refractivity contribution in [2.24, 2.45) is 11.1 Å². The van der Waals surface area contributed by atoms with Gasteiger partial charge >= 0.3 is 0 Å². The highest BCUT2D eigenvalue weighted by Crippen LogP contribution is 2.32. The van der Waals surface area contributed by atoms with E-state index in [2.05, 4.69) is 45.7 Å². The molecule has 5 aromatic rings. The van der Waals surface area contributed by atoms with Crippen LogP contribution in [0.15, 0.2) is 72.6 Å². The van der Waals surface area contributed by atoms with Gasteiger partial charge in [-0.15, -0.1) is 11.3 Å². The lowest BCUT2D eigenvalue weighted by Gasteiger charge is -2.39. The summed E-state index contributed by atoms with van der Waals surface area (Å²) in [5.74, 6) is -0.0496. The maximum atomic E-state index is 14.1. The SMILES string of the molecule is Cc1ncsc1-c1ccc(CNC(=O)[C@@H]2C[C@@H](O)CN2C(=O)C(NC(=O)CCCCCCCCCC(=O)N2CCN(CC[C@H](NC(=O)C3(N)CCN(c4ncnc5[nH]ccc45)CC3)c3ccc(Cl)cc3)CC2)C(C)(C)C)cc1. The monoisotopic (exact) mass is 1110 g/mol. The highest BCUT2D eigenvalue weighted by atomic mass is 35.5. The summed E-state index contributed by atoms with van der Waals surface area (Å²) in [7, 11) is 0. The Balaban J connectivity index is 0.690. The fourth-order valence-electron chi connectivity index (χ4n) is 10.9. The smallest absolute Gasteiger partial charge is 0.246 e. The van der Waals surface area contributed by atoms with E-state index in [4.69, 9.17) is 17.3 Å². The molecule has 3 aliphatic heterocycles. The zero-order chi connectivity index (χ0) is 55.4. The number of aromatic nitrogens is 4. The number of unbranched alkanes of at least 4 members (excludes halogenated alkanes) is 6. The molecule has 6 heterocycles. The molecule has 1 unspecified atom stereocenters. The van der Waals surface area contributed by atoms with E-state index in [1.807, 2.05) is 98.9 Å². The van der Waals surface area contributed by atoms with Gasteiger partial charge in [-0.2, -0.15) is 0 Å². The molecule has 78 heavy (non-hydrogen) atoms. The number of carbonyl (C=O) groups is 5. The van der Waals surface area contributed by atoms with Crippen molar-refractivity contribution in [3.63, 3.8) is 0 Å². The van der Waals surface area contributed by atoms with Gasteiger partial charge in [0.1, 0.15) is 29.9 Å². The maximum Gasteiger partial charge on any atom is 0.246 e. The number of nitrogens with one attached hydrogen (secondary N) is 4. The van der Waals surface area contributed by atoms with Crippen LogP contribution in [0.2, 0.25) is 5.02 Å².